The topological polar surface area (TPSA) is 205 Å². The Morgan fingerprint density at radius 2 is 1.70 bits per heavy atom. The first-order valence-electron chi connectivity index (χ1n) is 16.0. The van der Waals surface area contributed by atoms with Crippen molar-refractivity contribution in [3.05, 3.63) is 53.1 Å². The van der Waals surface area contributed by atoms with E-state index in [1.807, 2.05) is 6.07 Å². The van der Waals surface area contributed by atoms with Crippen molar-refractivity contribution in [1.82, 2.24) is 4.90 Å². The van der Waals surface area contributed by atoms with E-state index in [1.54, 1.807) is 59.7 Å². The number of carboxylic acid groups (broad SMARTS) is 1. The van der Waals surface area contributed by atoms with Crippen LogP contribution in [-0.4, -0.2) is 76.3 Å². The van der Waals surface area contributed by atoms with Crippen LogP contribution in [0.5, 0.6) is 0 Å². The molecule has 2 aliphatic rings. The number of benzene rings is 2. The maximum atomic E-state index is 13.7. The minimum absolute atomic E-state index is 0.00935. The van der Waals surface area contributed by atoms with E-state index in [-0.39, 0.29) is 35.9 Å². The number of rotatable bonds is 8. The average molecular weight is 692 g/mol. The fraction of sp³-hybridized carbons (Fsp3) is 0.457. The number of carbonyl (C=O) groups is 6. The second kappa shape index (κ2) is 15.0. The van der Waals surface area contributed by atoms with Crippen molar-refractivity contribution in [2.24, 2.45) is 5.92 Å². The number of nitriles is 1. The number of aliphatic carboxylic acids is 1. The summed E-state index contributed by atoms with van der Waals surface area (Å²) in [5, 5.41) is 24.9. The number of nitrogens with one attached hydrogen (secondary N) is 2. The van der Waals surface area contributed by atoms with Crippen molar-refractivity contribution >= 4 is 52.9 Å². The van der Waals surface area contributed by atoms with Gasteiger partial charge in [0.05, 0.1) is 37.1 Å². The van der Waals surface area contributed by atoms with Gasteiger partial charge in [0, 0.05) is 30.0 Å². The van der Waals surface area contributed by atoms with Crippen molar-refractivity contribution in [2.45, 2.75) is 84.7 Å². The molecule has 1 fully saturated rings. The summed E-state index contributed by atoms with van der Waals surface area (Å²) in [7, 11) is 0. The lowest BCUT2D eigenvalue weighted by Crippen LogP contribution is -2.53. The molecule has 0 radical (unpaired) electrons. The van der Waals surface area contributed by atoms with Crippen molar-refractivity contribution in [2.75, 3.05) is 28.7 Å². The largest absolute Gasteiger partial charge is 0.481 e. The lowest BCUT2D eigenvalue weighted by molar-refractivity contribution is -0.149. The highest BCUT2D eigenvalue weighted by molar-refractivity contribution is 6.04. The van der Waals surface area contributed by atoms with Crippen LogP contribution in [0.3, 0.4) is 0 Å². The third kappa shape index (κ3) is 9.56. The molecule has 15 nitrogen and oxygen atoms in total. The number of hydrogen-bond acceptors (Lipinski definition) is 10. The number of morpholine rings is 1. The lowest BCUT2D eigenvalue weighted by atomic mass is 9.94. The van der Waals surface area contributed by atoms with E-state index in [0.29, 0.717) is 29.1 Å². The molecular weight excluding hydrogens is 650 g/mol. The van der Waals surface area contributed by atoms with E-state index in [1.165, 1.54) is 23.1 Å². The van der Waals surface area contributed by atoms with Crippen LogP contribution in [0.15, 0.2) is 36.4 Å². The molecule has 0 bridgehead atoms. The van der Waals surface area contributed by atoms with Gasteiger partial charge in [-0.15, -0.1) is 0 Å². The SMILES string of the molecule is CC(C)(C)OC(=O)N(Cc1cc(NC(=O)[C@H](CC(=O)O)[C@H]2OCCN(c3ccc4c(c3)NC(=O)CC4)C2=O)ccc1C#N)C(=O)OC(C)(C)C. The van der Waals surface area contributed by atoms with Gasteiger partial charge in [0.1, 0.15) is 17.3 Å². The minimum atomic E-state index is -1.47. The molecule has 5 amide bonds. The van der Waals surface area contributed by atoms with E-state index in [2.05, 4.69) is 10.6 Å². The zero-order valence-corrected chi connectivity index (χ0v) is 28.8. The predicted octanol–water partition coefficient (Wildman–Crippen LogP) is 4.58. The Hall–Kier alpha value is -5.49. The number of carboxylic acids is 1. The Bertz CT molecular complexity index is 1710. The Morgan fingerprint density at radius 3 is 2.30 bits per heavy atom. The third-order valence-corrected chi connectivity index (χ3v) is 7.57. The quantitative estimate of drug-likeness (QED) is 0.350. The molecule has 2 aromatic rings. The van der Waals surface area contributed by atoms with Gasteiger partial charge in [-0.3, -0.25) is 19.2 Å². The van der Waals surface area contributed by atoms with Crippen LogP contribution < -0.4 is 15.5 Å². The second-order valence-corrected chi connectivity index (χ2v) is 13.9. The summed E-state index contributed by atoms with van der Waals surface area (Å²) in [5.74, 6) is -4.45. The Balaban J connectivity index is 1.59. The second-order valence-electron chi connectivity index (χ2n) is 13.9. The summed E-state index contributed by atoms with van der Waals surface area (Å²) in [4.78, 5) is 79.5. The van der Waals surface area contributed by atoms with Gasteiger partial charge < -0.3 is 34.9 Å². The highest BCUT2D eigenvalue weighted by atomic mass is 16.6. The molecule has 266 valence electrons. The van der Waals surface area contributed by atoms with E-state index < -0.39 is 66.2 Å². The molecule has 1 saturated heterocycles. The molecular formula is C35H41N5O10. The maximum absolute atomic E-state index is 13.7. The summed E-state index contributed by atoms with van der Waals surface area (Å²) in [6.07, 6.45) is -3.35. The maximum Gasteiger partial charge on any atom is 0.420 e. The van der Waals surface area contributed by atoms with E-state index in [9.17, 15) is 39.1 Å². The zero-order chi connectivity index (χ0) is 37.0. The first kappa shape index (κ1) is 37.3. The van der Waals surface area contributed by atoms with Gasteiger partial charge in [-0.2, -0.15) is 5.26 Å². The molecule has 4 rings (SSSR count). The van der Waals surface area contributed by atoms with Gasteiger partial charge >= 0.3 is 18.2 Å². The zero-order valence-electron chi connectivity index (χ0n) is 28.8. The summed E-state index contributed by atoms with van der Waals surface area (Å²) in [5.41, 5.74) is 0.326. The molecule has 0 unspecified atom stereocenters. The summed E-state index contributed by atoms with van der Waals surface area (Å²) >= 11 is 0. The molecule has 2 aromatic carbocycles. The summed E-state index contributed by atoms with van der Waals surface area (Å²) in [6, 6.07) is 11.3. The van der Waals surface area contributed by atoms with Crippen LogP contribution in [0.1, 0.15) is 71.1 Å². The monoisotopic (exact) mass is 691 g/mol. The Kier molecular flexibility index (Phi) is 11.2. The van der Waals surface area contributed by atoms with Crippen LogP contribution in [0.4, 0.5) is 26.7 Å². The molecule has 2 heterocycles. The number of imide groups is 1. The van der Waals surface area contributed by atoms with Crippen LogP contribution in [0.2, 0.25) is 0 Å². The van der Waals surface area contributed by atoms with Gasteiger partial charge in [-0.05, 0) is 89.4 Å². The number of fused-ring (bicyclic) bond motifs is 1. The van der Waals surface area contributed by atoms with Gasteiger partial charge in [0.15, 0.2) is 0 Å². The average Bonchev–Trinajstić information content (AvgIpc) is 3.00. The number of anilines is 3. The molecule has 3 N–H and O–H groups in total. The lowest BCUT2D eigenvalue weighted by Gasteiger charge is -2.36. The number of carbonyl (C=O) groups excluding carboxylic acids is 5. The highest BCUT2D eigenvalue weighted by Gasteiger charge is 2.42. The van der Waals surface area contributed by atoms with Crippen molar-refractivity contribution in [1.29, 1.82) is 5.26 Å². The van der Waals surface area contributed by atoms with Crippen LogP contribution in [0.25, 0.3) is 0 Å². The number of amides is 5. The first-order chi connectivity index (χ1) is 23.3. The normalized spacial score (nSPS) is 16.7. The highest BCUT2D eigenvalue weighted by Crippen LogP contribution is 2.31. The number of ether oxygens (including phenoxy) is 3. The number of nitrogens with zero attached hydrogens (tertiary/aromatic N) is 3. The van der Waals surface area contributed by atoms with Gasteiger partial charge in [0.25, 0.3) is 5.91 Å². The summed E-state index contributed by atoms with van der Waals surface area (Å²) in [6.45, 7) is 9.40. The molecule has 0 spiro atoms. The van der Waals surface area contributed by atoms with Gasteiger partial charge in [-0.1, -0.05) is 6.07 Å². The molecule has 0 saturated carbocycles. The Morgan fingerprint density at radius 1 is 1.04 bits per heavy atom. The molecule has 0 aliphatic carbocycles. The first-order valence-corrected chi connectivity index (χ1v) is 16.0. The summed E-state index contributed by atoms with van der Waals surface area (Å²) < 4.78 is 16.5. The minimum Gasteiger partial charge on any atom is -0.481 e. The van der Waals surface area contributed by atoms with Crippen molar-refractivity contribution in [3.8, 4) is 6.07 Å². The smallest absolute Gasteiger partial charge is 0.420 e. The van der Waals surface area contributed by atoms with Crippen LogP contribution in [0, 0.1) is 17.2 Å². The van der Waals surface area contributed by atoms with E-state index >= 15 is 0 Å². The van der Waals surface area contributed by atoms with Gasteiger partial charge in [-0.25, -0.2) is 14.5 Å². The third-order valence-electron chi connectivity index (χ3n) is 7.57. The molecule has 2 aliphatic heterocycles. The van der Waals surface area contributed by atoms with Crippen molar-refractivity contribution < 1.29 is 48.1 Å². The number of hydrogen-bond donors (Lipinski definition) is 3. The van der Waals surface area contributed by atoms with Gasteiger partial charge in [0.2, 0.25) is 11.8 Å². The fourth-order valence-corrected chi connectivity index (χ4v) is 5.36. The molecule has 15 heteroatoms. The molecule has 2 atom stereocenters. The van der Waals surface area contributed by atoms with Crippen LogP contribution in [-0.2, 0) is 46.4 Å². The predicted molar refractivity (Wildman–Crippen MR) is 179 cm³/mol. The van der Waals surface area contributed by atoms with Crippen LogP contribution >= 0.6 is 0 Å². The van der Waals surface area contributed by atoms with Crippen molar-refractivity contribution in [3.63, 3.8) is 0 Å². The fourth-order valence-electron chi connectivity index (χ4n) is 5.36. The van der Waals surface area contributed by atoms with E-state index in [4.69, 9.17) is 14.2 Å². The Labute approximate surface area is 289 Å². The standard InChI is InChI=1S/C35H41N5O10/c1-34(2,3)49-32(46)40(33(47)50-35(4,5)6)19-22-15-23(10-7-21(22)18-36)37-30(44)25(17-28(42)43)29-31(45)39(13-14-48-29)24-11-8-20-9-12-27(41)38-26(20)16-24/h7-8,10-11,15-16,25,29H,9,12-14,17,19H2,1-6H3,(H,37,44)(H,38,41)(H,42,43)/t25-,29-/m1/s1. The molecule has 50 heavy (non-hydrogen) atoms. The molecule has 0 aromatic heterocycles. The van der Waals surface area contributed by atoms with E-state index in [0.717, 1.165) is 5.56 Å². The number of aryl methyl sites for hydroxylation is 1.